The summed E-state index contributed by atoms with van der Waals surface area (Å²) < 4.78 is 4.92. The minimum Gasteiger partial charge on any atom is -0.340 e. The van der Waals surface area contributed by atoms with Gasteiger partial charge in [-0.05, 0) is 6.92 Å². The van der Waals surface area contributed by atoms with Crippen molar-refractivity contribution in [1.82, 2.24) is 25.0 Å². The van der Waals surface area contributed by atoms with Gasteiger partial charge in [-0.1, -0.05) is 5.16 Å². The van der Waals surface area contributed by atoms with Gasteiger partial charge in [0.1, 0.15) is 5.82 Å². The van der Waals surface area contributed by atoms with Crippen LogP contribution in [-0.4, -0.2) is 25.0 Å². The third-order valence-electron chi connectivity index (χ3n) is 2.91. The molecule has 0 unspecified atom stereocenters. The first kappa shape index (κ1) is 11.1. The number of aromatic nitrogens is 4. The molecule has 3 rings (SSSR count). The molecule has 3 heterocycles. The molecular weight excluding hydrogens is 234 g/mol. The molecule has 0 bridgehead atoms. The molecule has 7 heteroatoms. The number of H-pyrrole nitrogens is 1. The van der Waals surface area contributed by atoms with Crippen LogP contribution in [0, 0.1) is 13.8 Å². The quantitative estimate of drug-likeness (QED) is 0.820. The zero-order valence-corrected chi connectivity index (χ0v) is 10.2. The zero-order valence-electron chi connectivity index (χ0n) is 10.2. The monoisotopic (exact) mass is 247 g/mol. The molecule has 0 amide bonds. The Morgan fingerprint density at radius 2 is 2.17 bits per heavy atom. The third kappa shape index (κ3) is 1.92. The third-order valence-corrected chi connectivity index (χ3v) is 2.91. The van der Waals surface area contributed by atoms with E-state index in [4.69, 9.17) is 4.52 Å². The highest BCUT2D eigenvalue weighted by molar-refractivity contribution is 5.21. The molecule has 18 heavy (non-hydrogen) atoms. The highest BCUT2D eigenvalue weighted by Crippen LogP contribution is 2.18. The summed E-state index contributed by atoms with van der Waals surface area (Å²) in [5.41, 5.74) is 1.53. The minimum atomic E-state index is -0.0516. The summed E-state index contributed by atoms with van der Waals surface area (Å²) in [5, 5.41) is 3.85. The summed E-state index contributed by atoms with van der Waals surface area (Å²) in [6, 6.07) is 0. The standard InChI is InChI=1S/C11H13N5O2/c1-6-12-9-4-16(3-8(9)11(17)13-6)5-10-14-7(2)18-15-10/h3-5H2,1-2H3,(H,12,13,17). The Morgan fingerprint density at radius 1 is 1.33 bits per heavy atom. The highest BCUT2D eigenvalue weighted by Gasteiger charge is 2.24. The molecule has 1 aliphatic heterocycles. The number of nitrogens with zero attached hydrogens (tertiary/aromatic N) is 4. The van der Waals surface area contributed by atoms with Gasteiger partial charge >= 0.3 is 0 Å². The second kappa shape index (κ2) is 4.02. The molecule has 2 aromatic heterocycles. The summed E-state index contributed by atoms with van der Waals surface area (Å²) in [6.07, 6.45) is 0. The van der Waals surface area contributed by atoms with Crippen LogP contribution >= 0.6 is 0 Å². The van der Waals surface area contributed by atoms with Crippen molar-refractivity contribution < 1.29 is 4.52 Å². The second-order valence-corrected chi connectivity index (χ2v) is 4.45. The Hall–Kier alpha value is -2.02. The number of hydrogen-bond donors (Lipinski definition) is 1. The summed E-state index contributed by atoms with van der Waals surface area (Å²) in [5.74, 6) is 1.83. The zero-order chi connectivity index (χ0) is 12.7. The van der Waals surface area contributed by atoms with Crippen LogP contribution in [0.4, 0.5) is 0 Å². The van der Waals surface area contributed by atoms with Crippen molar-refractivity contribution in [3.05, 3.63) is 39.2 Å². The fraction of sp³-hybridized carbons (Fsp3) is 0.455. The van der Waals surface area contributed by atoms with Gasteiger partial charge in [0.15, 0.2) is 5.82 Å². The average molecular weight is 247 g/mol. The number of hydrogen-bond acceptors (Lipinski definition) is 6. The van der Waals surface area contributed by atoms with Crippen LogP contribution in [0.3, 0.4) is 0 Å². The smallest absolute Gasteiger partial charge is 0.255 e. The van der Waals surface area contributed by atoms with Crippen molar-refractivity contribution in [2.45, 2.75) is 33.5 Å². The lowest BCUT2D eigenvalue weighted by molar-refractivity contribution is 0.260. The molecule has 0 aromatic carbocycles. The fourth-order valence-corrected chi connectivity index (χ4v) is 2.17. The summed E-state index contributed by atoms with van der Waals surface area (Å²) in [7, 11) is 0. The molecule has 0 atom stereocenters. The van der Waals surface area contributed by atoms with Crippen LogP contribution in [0.1, 0.15) is 28.8 Å². The molecule has 7 nitrogen and oxygen atoms in total. The maximum atomic E-state index is 11.8. The predicted molar refractivity (Wildman–Crippen MR) is 61.6 cm³/mol. The van der Waals surface area contributed by atoms with E-state index in [-0.39, 0.29) is 5.56 Å². The van der Waals surface area contributed by atoms with Gasteiger partial charge in [-0.2, -0.15) is 4.98 Å². The lowest BCUT2D eigenvalue weighted by Crippen LogP contribution is -2.19. The summed E-state index contributed by atoms with van der Waals surface area (Å²) in [4.78, 5) is 25.0. The number of nitrogens with one attached hydrogen (secondary N) is 1. The van der Waals surface area contributed by atoms with Crippen molar-refractivity contribution in [2.75, 3.05) is 0 Å². The Labute approximate surface area is 103 Å². The second-order valence-electron chi connectivity index (χ2n) is 4.45. The normalized spacial score (nSPS) is 15.0. The first-order chi connectivity index (χ1) is 8.61. The number of fused-ring (bicyclic) bond motifs is 1. The van der Waals surface area contributed by atoms with Crippen molar-refractivity contribution in [2.24, 2.45) is 0 Å². The molecule has 1 N–H and O–H groups in total. The van der Waals surface area contributed by atoms with E-state index in [0.29, 0.717) is 37.2 Å². The first-order valence-electron chi connectivity index (χ1n) is 5.72. The molecule has 1 aliphatic rings. The van der Waals surface area contributed by atoms with Gasteiger partial charge in [0.2, 0.25) is 5.89 Å². The van der Waals surface area contributed by atoms with Gasteiger partial charge in [0.05, 0.1) is 17.8 Å². The van der Waals surface area contributed by atoms with Gasteiger partial charge in [-0.25, -0.2) is 4.98 Å². The maximum absolute atomic E-state index is 11.8. The van der Waals surface area contributed by atoms with Crippen LogP contribution in [0.15, 0.2) is 9.32 Å². The maximum Gasteiger partial charge on any atom is 0.255 e. The molecule has 0 aliphatic carbocycles. The van der Waals surface area contributed by atoms with E-state index in [9.17, 15) is 4.79 Å². The van der Waals surface area contributed by atoms with Crippen molar-refractivity contribution in [3.8, 4) is 0 Å². The largest absolute Gasteiger partial charge is 0.340 e. The Morgan fingerprint density at radius 3 is 2.89 bits per heavy atom. The average Bonchev–Trinajstić information content (AvgIpc) is 2.85. The van der Waals surface area contributed by atoms with Crippen LogP contribution in [-0.2, 0) is 19.6 Å². The fourth-order valence-electron chi connectivity index (χ4n) is 2.17. The van der Waals surface area contributed by atoms with E-state index in [0.717, 1.165) is 11.3 Å². The van der Waals surface area contributed by atoms with E-state index < -0.39 is 0 Å². The number of aromatic amines is 1. The Balaban J connectivity index is 1.81. The lowest BCUT2D eigenvalue weighted by Gasteiger charge is -2.10. The summed E-state index contributed by atoms with van der Waals surface area (Å²) in [6.45, 7) is 5.32. The van der Waals surface area contributed by atoms with Gasteiger partial charge in [-0.15, -0.1) is 0 Å². The molecule has 0 saturated heterocycles. The van der Waals surface area contributed by atoms with E-state index in [1.165, 1.54) is 0 Å². The number of aryl methyl sites for hydroxylation is 2. The molecule has 0 radical (unpaired) electrons. The molecule has 2 aromatic rings. The topological polar surface area (TPSA) is 87.9 Å². The SMILES string of the molecule is Cc1nc2c(c(=O)[nH]1)CN(Cc1noc(C)n1)C2. The van der Waals surface area contributed by atoms with E-state index in [2.05, 4.69) is 25.0 Å². The van der Waals surface area contributed by atoms with E-state index >= 15 is 0 Å². The predicted octanol–water partition coefficient (Wildman–Crippen LogP) is 0.286. The van der Waals surface area contributed by atoms with Gasteiger partial charge in [-0.3, -0.25) is 9.69 Å². The Kier molecular flexibility index (Phi) is 2.48. The molecular formula is C11H13N5O2. The highest BCUT2D eigenvalue weighted by atomic mass is 16.5. The molecule has 0 spiro atoms. The van der Waals surface area contributed by atoms with Crippen LogP contribution in [0.25, 0.3) is 0 Å². The molecule has 0 fully saturated rings. The van der Waals surface area contributed by atoms with Crippen molar-refractivity contribution in [1.29, 1.82) is 0 Å². The van der Waals surface area contributed by atoms with Crippen LogP contribution in [0.5, 0.6) is 0 Å². The summed E-state index contributed by atoms with van der Waals surface area (Å²) >= 11 is 0. The van der Waals surface area contributed by atoms with E-state index in [1.807, 2.05) is 0 Å². The van der Waals surface area contributed by atoms with Crippen LogP contribution < -0.4 is 5.56 Å². The van der Waals surface area contributed by atoms with Crippen molar-refractivity contribution >= 4 is 0 Å². The van der Waals surface area contributed by atoms with Crippen molar-refractivity contribution in [3.63, 3.8) is 0 Å². The Bertz CT molecular complexity index is 645. The van der Waals surface area contributed by atoms with Gasteiger partial charge in [0, 0.05) is 20.0 Å². The van der Waals surface area contributed by atoms with Crippen LogP contribution in [0.2, 0.25) is 0 Å². The first-order valence-corrected chi connectivity index (χ1v) is 5.72. The molecule has 94 valence electrons. The minimum absolute atomic E-state index is 0.0516. The van der Waals surface area contributed by atoms with Gasteiger partial charge in [0.25, 0.3) is 5.56 Å². The number of rotatable bonds is 2. The van der Waals surface area contributed by atoms with E-state index in [1.54, 1.807) is 13.8 Å². The molecule has 0 saturated carbocycles. The lowest BCUT2D eigenvalue weighted by atomic mass is 10.3. The van der Waals surface area contributed by atoms with Gasteiger partial charge < -0.3 is 9.51 Å².